The van der Waals surface area contributed by atoms with Crippen molar-refractivity contribution >= 4 is 12.0 Å². The highest BCUT2D eigenvalue weighted by molar-refractivity contribution is 5.79. The maximum Gasteiger partial charge on any atom is 0.317 e. The quantitative estimate of drug-likeness (QED) is 0.859. The van der Waals surface area contributed by atoms with Gasteiger partial charge in [-0.3, -0.25) is 4.79 Å². The highest BCUT2D eigenvalue weighted by atomic mass is 19.1. The van der Waals surface area contributed by atoms with E-state index in [4.69, 9.17) is 0 Å². The van der Waals surface area contributed by atoms with Crippen LogP contribution >= 0.6 is 0 Å². The molecule has 0 aromatic heterocycles. The minimum Gasteiger partial charge on any atom is -0.481 e. The summed E-state index contributed by atoms with van der Waals surface area (Å²) in [7, 11) is 0. The molecule has 2 amide bonds. The van der Waals surface area contributed by atoms with E-state index in [9.17, 15) is 23.5 Å². The number of rotatable bonds is 4. The lowest BCUT2D eigenvalue weighted by Crippen LogP contribution is -2.46. The zero-order valence-electron chi connectivity index (χ0n) is 14.9. The highest BCUT2D eigenvalue weighted by Crippen LogP contribution is 2.42. The van der Waals surface area contributed by atoms with Gasteiger partial charge < -0.3 is 15.3 Å². The molecule has 0 radical (unpaired) electrons. The Morgan fingerprint density at radius 1 is 1.23 bits per heavy atom. The number of hydrogen-bond acceptors (Lipinski definition) is 2. The fourth-order valence-corrected chi connectivity index (χ4v) is 4.18. The summed E-state index contributed by atoms with van der Waals surface area (Å²) in [6, 6.07) is 3.28. The van der Waals surface area contributed by atoms with Gasteiger partial charge in [0.15, 0.2) is 0 Å². The second-order valence-corrected chi connectivity index (χ2v) is 7.81. The number of hydrogen-bond donors (Lipinski definition) is 2. The Kier molecular flexibility index (Phi) is 4.90. The van der Waals surface area contributed by atoms with Crippen molar-refractivity contribution in [1.82, 2.24) is 10.2 Å². The van der Waals surface area contributed by atoms with Crippen LogP contribution in [0.3, 0.4) is 0 Å². The fourth-order valence-electron chi connectivity index (χ4n) is 4.18. The van der Waals surface area contributed by atoms with Crippen LogP contribution in [0.1, 0.15) is 44.6 Å². The third kappa shape index (κ3) is 3.39. The largest absolute Gasteiger partial charge is 0.481 e. The smallest absolute Gasteiger partial charge is 0.317 e. The Labute approximate surface area is 151 Å². The van der Waals surface area contributed by atoms with Crippen molar-refractivity contribution < 1.29 is 23.5 Å². The van der Waals surface area contributed by atoms with E-state index in [0.29, 0.717) is 18.5 Å². The fraction of sp³-hybridized carbons (Fsp3) is 0.579. The van der Waals surface area contributed by atoms with Crippen molar-refractivity contribution in [3.8, 4) is 0 Å². The molecule has 1 aromatic carbocycles. The Hall–Kier alpha value is -2.18. The number of carbonyl (C=O) groups is 2. The summed E-state index contributed by atoms with van der Waals surface area (Å²) in [5.41, 5.74) is -1.03. The van der Waals surface area contributed by atoms with Crippen LogP contribution in [0, 0.1) is 17.0 Å². The highest BCUT2D eigenvalue weighted by Gasteiger charge is 2.43. The molecule has 2 N–H and O–H groups in total. The number of nitrogens with zero attached hydrogens (tertiary/aromatic N) is 1. The number of aliphatic carboxylic acids is 1. The van der Waals surface area contributed by atoms with Gasteiger partial charge in [-0.1, -0.05) is 18.9 Å². The summed E-state index contributed by atoms with van der Waals surface area (Å²) in [6.45, 7) is 2.43. The molecule has 1 atom stereocenters. The Morgan fingerprint density at radius 3 is 2.50 bits per heavy atom. The van der Waals surface area contributed by atoms with Crippen LogP contribution in [0.5, 0.6) is 0 Å². The summed E-state index contributed by atoms with van der Waals surface area (Å²) in [4.78, 5) is 25.3. The number of likely N-dealkylation sites (tertiary alicyclic amines) is 1. The molecule has 1 saturated heterocycles. The predicted molar refractivity (Wildman–Crippen MR) is 91.8 cm³/mol. The van der Waals surface area contributed by atoms with Gasteiger partial charge in [-0.05, 0) is 37.8 Å². The molecule has 26 heavy (non-hydrogen) atoms. The Balaban J connectivity index is 1.70. The van der Waals surface area contributed by atoms with Crippen LogP contribution in [0.2, 0.25) is 0 Å². The van der Waals surface area contributed by atoms with E-state index in [1.807, 2.05) is 0 Å². The molecule has 0 spiro atoms. The molecule has 7 heteroatoms. The number of carboxylic acids is 1. The molecule has 1 heterocycles. The molecule has 1 unspecified atom stereocenters. The molecule has 142 valence electrons. The summed E-state index contributed by atoms with van der Waals surface area (Å²) in [5, 5.41) is 12.1. The van der Waals surface area contributed by atoms with Crippen LogP contribution in [0.15, 0.2) is 18.2 Å². The topological polar surface area (TPSA) is 69.6 Å². The van der Waals surface area contributed by atoms with Crippen molar-refractivity contribution in [2.24, 2.45) is 5.41 Å². The molecular weight excluding hydrogens is 342 g/mol. The van der Waals surface area contributed by atoms with Crippen molar-refractivity contribution in [2.75, 3.05) is 19.6 Å². The maximum absolute atomic E-state index is 14.3. The number of benzene rings is 1. The molecule has 0 bridgehead atoms. The lowest BCUT2D eigenvalue weighted by atomic mass is 9.78. The standard InChI is InChI=1S/C19H24F2N2O3/c1-18(16(24)25)8-9-23(12-18)17(26)22-11-19(6-2-3-7-19)14-5-4-13(20)10-15(14)21/h4-5,10H,2-3,6-9,11-12H2,1H3,(H,22,26)(H,24,25). The van der Waals surface area contributed by atoms with Crippen LogP contribution in [-0.2, 0) is 10.2 Å². The Morgan fingerprint density at radius 2 is 1.92 bits per heavy atom. The number of halogens is 2. The van der Waals surface area contributed by atoms with E-state index in [1.54, 1.807) is 6.92 Å². The third-order valence-corrected chi connectivity index (χ3v) is 5.92. The van der Waals surface area contributed by atoms with Crippen molar-refractivity contribution in [3.63, 3.8) is 0 Å². The third-order valence-electron chi connectivity index (χ3n) is 5.92. The van der Waals surface area contributed by atoms with E-state index in [2.05, 4.69) is 5.32 Å². The maximum atomic E-state index is 14.3. The van der Waals surface area contributed by atoms with Gasteiger partial charge in [-0.2, -0.15) is 0 Å². The number of carboxylic acid groups (broad SMARTS) is 1. The molecule has 1 aromatic rings. The minimum absolute atomic E-state index is 0.159. The first kappa shape index (κ1) is 18.6. The monoisotopic (exact) mass is 366 g/mol. The van der Waals surface area contributed by atoms with Crippen LogP contribution in [0.4, 0.5) is 13.6 Å². The van der Waals surface area contributed by atoms with E-state index in [0.717, 1.165) is 31.7 Å². The van der Waals surface area contributed by atoms with Crippen LogP contribution in [-0.4, -0.2) is 41.6 Å². The van der Waals surface area contributed by atoms with Gasteiger partial charge in [0.1, 0.15) is 11.6 Å². The second-order valence-electron chi connectivity index (χ2n) is 7.81. The van der Waals surface area contributed by atoms with Gasteiger partial charge in [0.05, 0.1) is 5.41 Å². The number of amides is 2. The average Bonchev–Trinajstić information content (AvgIpc) is 3.21. The normalized spacial score (nSPS) is 24.7. The van der Waals surface area contributed by atoms with Crippen molar-refractivity contribution in [2.45, 2.75) is 44.4 Å². The first-order valence-electron chi connectivity index (χ1n) is 8.98. The van der Waals surface area contributed by atoms with Crippen LogP contribution < -0.4 is 5.32 Å². The number of urea groups is 1. The minimum atomic E-state index is -0.925. The molecule has 3 rings (SSSR count). The lowest BCUT2D eigenvalue weighted by molar-refractivity contribution is -0.147. The van der Waals surface area contributed by atoms with Gasteiger partial charge >= 0.3 is 12.0 Å². The molecule has 1 aliphatic heterocycles. The van der Waals surface area contributed by atoms with Gasteiger partial charge in [0.25, 0.3) is 0 Å². The van der Waals surface area contributed by atoms with E-state index in [1.165, 1.54) is 17.0 Å². The first-order valence-corrected chi connectivity index (χ1v) is 8.98. The van der Waals surface area contributed by atoms with E-state index >= 15 is 0 Å². The van der Waals surface area contributed by atoms with E-state index in [-0.39, 0.29) is 19.1 Å². The Bertz CT molecular complexity index is 719. The molecule has 2 fully saturated rings. The SMILES string of the molecule is CC1(C(=O)O)CCN(C(=O)NCC2(c3ccc(F)cc3F)CCCC2)C1. The zero-order chi connectivity index (χ0) is 18.9. The predicted octanol–water partition coefficient (Wildman–Crippen LogP) is 3.28. The summed E-state index contributed by atoms with van der Waals surface area (Å²) in [5.74, 6) is -2.11. The molecule has 5 nitrogen and oxygen atoms in total. The number of carbonyl (C=O) groups excluding carboxylic acids is 1. The van der Waals surface area contributed by atoms with Crippen LogP contribution in [0.25, 0.3) is 0 Å². The van der Waals surface area contributed by atoms with Gasteiger partial charge in [-0.25, -0.2) is 13.6 Å². The van der Waals surface area contributed by atoms with Gasteiger partial charge in [0, 0.05) is 31.1 Å². The van der Waals surface area contributed by atoms with Gasteiger partial charge in [-0.15, -0.1) is 0 Å². The van der Waals surface area contributed by atoms with E-state index < -0.39 is 28.4 Å². The lowest BCUT2D eigenvalue weighted by Gasteiger charge is -2.31. The zero-order valence-corrected chi connectivity index (χ0v) is 14.9. The first-order chi connectivity index (χ1) is 12.3. The summed E-state index contributed by atoms with van der Waals surface area (Å²) < 4.78 is 27.6. The van der Waals surface area contributed by atoms with Gasteiger partial charge in [0.2, 0.25) is 0 Å². The summed E-state index contributed by atoms with van der Waals surface area (Å²) in [6.07, 6.45) is 3.71. The van der Waals surface area contributed by atoms with Crippen molar-refractivity contribution in [1.29, 1.82) is 0 Å². The molecule has 2 aliphatic rings. The average molecular weight is 366 g/mol. The molecule has 1 saturated carbocycles. The van der Waals surface area contributed by atoms with Crippen molar-refractivity contribution in [3.05, 3.63) is 35.4 Å². The molecular formula is C19H24F2N2O3. The molecule has 1 aliphatic carbocycles. The number of nitrogens with one attached hydrogen (secondary N) is 1. The summed E-state index contributed by atoms with van der Waals surface area (Å²) >= 11 is 0. The second kappa shape index (κ2) is 6.85.